The van der Waals surface area contributed by atoms with Crippen LogP contribution in [0.5, 0.6) is 0 Å². The van der Waals surface area contributed by atoms with Crippen molar-refractivity contribution < 1.29 is 27.1 Å². The summed E-state index contributed by atoms with van der Waals surface area (Å²) in [7, 11) is -4.06. The third-order valence-corrected chi connectivity index (χ3v) is 5.78. The van der Waals surface area contributed by atoms with Gasteiger partial charge in [-0.15, -0.1) is 0 Å². The average Bonchev–Trinajstić information content (AvgIpc) is 2.82. The Labute approximate surface area is 189 Å². The molecule has 0 atom stereocenters. The van der Waals surface area contributed by atoms with Crippen LogP contribution < -0.4 is 9.62 Å². The molecule has 0 aliphatic heterocycles. The van der Waals surface area contributed by atoms with E-state index in [0.29, 0.717) is 5.69 Å². The highest BCUT2D eigenvalue weighted by Crippen LogP contribution is 2.18. The molecule has 0 fully saturated rings. The lowest BCUT2D eigenvalue weighted by atomic mass is 10.2. The molecule has 0 unspecified atom stereocenters. The maximum atomic E-state index is 13.0. The Kier molecular flexibility index (Phi) is 7.38. The van der Waals surface area contributed by atoms with Crippen LogP contribution in [0.2, 0.25) is 0 Å². The molecule has 0 bridgehead atoms. The highest BCUT2D eigenvalue weighted by molar-refractivity contribution is 7.92. The van der Waals surface area contributed by atoms with Crippen molar-refractivity contribution in [1.29, 1.82) is 5.26 Å². The van der Waals surface area contributed by atoms with Gasteiger partial charge in [0.1, 0.15) is 12.4 Å². The average molecular weight is 467 g/mol. The van der Waals surface area contributed by atoms with E-state index in [9.17, 15) is 22.4 Å². The second-order valence-corrected chi connectivity index (χ2v) is 8.37. The summed E-state index contributed by atoms with van der Waals surface area (Å²) in [6.07, 6.45) is 0. The zero-order valence-corrected chi connectivity index (χ0v) is 18.0. The van der Waals surface area contributed by atoms with Crippen LogP contribution in [-0.4, -0.2) is 33.4 Å². The summed E-state index contributed by atoms with van der Waals surface area (Å²) < 4.78 is 45.6. The van der Waals surface area contributed by atoms with Gasteiger partial charge in [0.05, 0.1) is 16.5 Å². The molecule has 1 N–H and O–H groups in total. The molecule has 1 amide bonds. The van der Waals surface area contributed by atoms with Gasteiger partial charge in [0, 0.05) is 11.4 Å². The fraction of sp³-hybridized carbons (Fsp3) is 0.0870. The molecular formula is C23H18FN3O5S. The monoisotopic (exact) mass is 467 g/mol. The summed E-state index contributed by atoms with van der Waals surface area (Å²) in [5, 5.41) is 9.00. The molecular weight excluding hydrogens is 449 g/mol. The number of amides is 1. The van der Waals surface area contributed by atoms with E-state index in [1.165, 1.54) is 35.2 Å². The van der Waals surface area contributed by atoms with Crippen molar-refractivity contribution in [2.75, 3.05) is 22.8 Å². The Morgan fingerprint density at radius 1 is 1.00 bits per heavy atom. The zero-order chi connectivity index (χ0) is 23.8. The largest absolute Gasteiger partial charge is 0.452 e. The number of benzene rings is 3. The number of hydrogen-bond acceptors (Lipinski definition) is 6. The Balaban J connectivity index is 1.69. The van der Waals surface area contributed by atoms with E-state index in [4.69, 9.17) is 10.00 Å². The molecule has 0 saturated heterocycles. The van der Waals surface area contributed by atoms with Gasteiger partial charge in [-0.2, -0.15) is 5.26 Å². The van der Waals surface area contributed by atoms with Gasteiger partial charge >= 0.3 is 5.97 Å². The van der Waals surface area contributed by atoms with E-state index >= 15 is 0 Å². The van der Waals surface area contributed by atoms with Crippen LogP contribution in [0.1, 0.15) is 10.4 Å². The van der Waals surface area contributed by atoms with Crippen molar-refractivity contribution in [3.63, 3.8) is 0 Å². The molecule has 8 nitrogen and oxygen atoms in total. The van der Waals surface area contributed by atoms with Gasteiger partial charge in [0.2, 0.25) is 0 Å². The molecule has 33 heavy (non-hydrogen) atoms. The Morgan fingerprint density at radius 2 is 1.70 bits per heavy atom. The Hall–Kier alpha value is -4.23. The van der Waals surface area contributed by atoms with E-state index in [-0.39, 0.29) is 22.7 Å². The molecule has 168 valence electrons. The molecule has 0 spiro atoms. The van der Waals surface area contributed by atoms with Gasteiger partial charge in [-0.1, -0.05) is 24.3 Å². The summed E-state index contributed by atoms with van der Waals surface area (Å²) in [6, 6.07) is 20.1. The number of esters is 1. The summed E-state index contributed by atoms with van der Waals surface area (Å²) in [5.41, 5.74) is 0.532. The minimum Gasteiger partial charge on any atom is -0.452 e. The SMILES string of the molecule is N#CCN(C(=O)COC(=O)c1cccc(S(=O)(=O)Nc2ccc(F)cc2)c1)c1ccccc1. The molecule has 10 heteroatoms. The van der Waals surface area contributed by atoms with Gasteiger partial charge in [0.15, 0.2) is 6.61 Å². The van der Waals surface area contributed by atoms with Gasteiger partial charge in [0.25, 0.3) is 15.9 Å². The highest BCUT2D eigenvalue weighted by atomic mass is 32.2. The van der Waals surface area contributed by atoms with Crippen molar-refractivity contribution in [3.05, 3.63) is 90.2 Å². The fourth-order valence-corrected chi connectivity index (χ4v) is 3.92. The first-order valence-electron chi connectivity index (χ1n) is 9.58. The summed E-state index contributed by atoms with van der Waals surface area (Å²) in [5.74, 6) is -2.04. The Morgan fingerprint density at radius 3 is 2.36 bits per heavy atom. The molecule has 3 aromatic carbocycles. The summed E-state index contributed by atoms with van der Waals surface area (Å²) >= 11 is 0. The van der Waals surface area contributed by atoms with Crippen LogP contribution in [0.15, 0.2) is 83.8 Å². The molecule has 0 aliphatic carbocycles. The lowest BCUT2D eigenvalue weighted by molar-refractivity contribution is -0.121. The minimum atomic E-state index is -4.06. The van der Waals surface area contributed by atoms with Crippen molar-refractivity contribution in [3.8, 4) is 6.07 Å². The number of ether oxygens (including phenoxy) is 1. The van der Waals surface area contributed by atoms with E-state index < -0.39 is 34.3 Å². The van der Waals surface area contributed by atoms with Crippen molar-refractivity contribution in [2.45, 2.75) is 4.90 Å². The number of sulfonamides is 1. The van der Waals surface area contributed by atoms with Gasteiger partial charge in [-0.05, 0) is 54.6 Å². The first-order chi connectivity index (χ1) is 15.8. The summed E-state index contributed by atoms with van der Waals surface area (Å²) in [4.78, 5) is 25.9. The first-order valence-corrected chi connectivity index (χ1v) is 11.1. The zero-order valence-electron chi connectivity index (χ0n) is 17.1. The molecule has 0 radical (unpaired) electrons. The predicted octanol–water partition coefficient (Wildman–Crippen LogP) is 3.34. The summed E-state index contributed by atoms with van der Waals surface area (Å²) in [6.45, 7) is -0.872. The molecule has 0 heterocycles. The maximum Gasteiger partial charge on any atom is 0.338 e. The van der Waals surface area contributed by atoms with Gasteiger partial charge in [-0.3, -0.25) is 14.4 Å². The topological polar surface area (TPSA) is 117 Å². The molecule has 0 aromatic heterocycles. The number of nitrogens with zero attached hydrogens (tertiary/aromatic N) is 2. The number of halogens is 1. The quantitative estimate of drug-likeness (QED) is 0.401. The van der Waals surface area contributed by atoms with Crippen molar-refractivity contribution >= 4 is 33.3 Å². The third-order valence-electron chi connectivity index (χ3n) is 4.40. The van der Waals surface area contributed by atoms with Crippen LogP contribution >= 0.6 is 0 Å². The lowest BCUT2D eigenvalue weighted by Crippen LogP contribution is -2.35. The van der Waals surface area contributed by atoms with Crippen LogP contribution in [0.4, 0.5) is 15.8 Å². The fourth-order valence-electron chi connectivity index (χ4n) is 2.81. The number of para-hydroxylation sites is 1. The van der Waals surface area contributed by atoms with Crippen LogP contribution in [0.3, 0.4) is 0 Å². The second kappa shape index (κ2) is 10.4. The van der Waals surface area contributed by atoms with Gasteiger partial charge < -0.3 is 4.74 Å². The Bertz CT molecular complexity index is 1290. The number of nitriles is 1. The number of hydrogen-bond donors (Lipinski definition) is 1. The predicted molar refractivity (Wildman–Crippen MR) is 118 cm³/mol. The smallest absolute Gasteiger partial charge is 0.338 e. The number of carbonyl (C=O) groups is 2. The molecule has 3 aromatic rings. The number of rotatable bonds is 8. The molecule has 0 aliphatic rings. The van der Waals surface area contributed by atoms with E-state index in [0.717, 1.165) is 18.2 Å². The van der Waals surface area contributed by atoms with Crippen LogP contribution in [0, 0.1) is 17.1 Å². The molecule has 0 saturated carbocycles. The maximum absolute atomic E-state index is 13.0. The lowest BCUT2D eigenvalue weighted by Gasteiger charge is -2.19. The van der Waals surface area contributed by atoms with Crippen LogP contribution in [0.25, 0.3) is 0 Å². The highest BCUT2D eigenvalue weighted by Gasteiger charge is 2.20. The normalized spacial score (nSPS) is 10.7. The van der Waals surface area contributed by atoms with E-state index in [2.05, 4.69) is 4.72 Å². The number of nitrogens with one attached hydrogen (secondary N) is 1. The van der Waals surface area contributed by atoms with E-state index in [1.807, 2.05) is 6.07 Å². The first kappa shape index (κ1) is 23.4. The van der Waals surface area contributed by atoms with Gasteiger partial charge in [-0.25, -0.2) is 17.6 Å². The standard InChI is InChI=1S/C23H18FN3O5S/c24-18-9-11-19(12-10-18)26-33(30,31)21-8-4-5-17(15-21)23(29)32-16-22(28)27(14-13-25)20-6-2-1-3-7-20/h1-12,15,26H,14,16H2. The minimum absolute atomic E-state index is 0.0867. The van der Waals surface area contributed by atoms with Crippen molar-refractivity contribution in [1.82, 2.24) is 0 Å². The van der Waals surface area contributed by atoms with E-state index in [1.54, 1.807) is 30.3 Å². The van der Waals surface area contributed by atoms with Crippen molar-refractivity contribution in [2.24, 2.45) is 0 Å². The van der Waals surface area contributed by atoms with Crippen LogP contribution in [-0.2, 0) is 19.6 Å². The molecule has 3 rings (SSSR count). The second-order valence-electron chi connectivity index (χ2n) is 6.69. The number of anilines is 2. The number of carbonyl (C=O) groups excluding carboxylic acids is 2. The third kappa shape index (κ3) is 6.15.